The Labute approximate surface area is 154 Å². The number of hydrogen-bond acceptors (Lipinski definition) is 3. The highest BCUT2D eigenvalue weighted by atomic mass is 16.2. The SMILES string of the molecule is CC(NC(=O)C1CCC1)C(=O)N1CCC(C(=O)Nc2ccccc2)CC1. The third-order valence-electron chi connectivity index (χ3n) is 5.42. The minimum atomic E-state index is -0.502. The molecule has 1 aromatic rings. The summed E-state index contributed by atoms with van der Waals surface area (Å²) in [7, 11) is 0. The first-order chi connectivity index (χ1) is 12.5. The average molecular weight is 357 g/mol. The summed E-state index contributed by atoms with van der Waals surface area (Å²) in [5.74, 6) is -0.0553. The van der Waals surface area contributed by atoms with Crippen molar-refractivity contribution < 1.29 is 14.4 Å². The molecule has 1 saturated carbocycles. The summed E-state index contributed by atoms with van der Waals surface area (Å²) in [5.41, 5.74) is 0.795. The Bertz CT molecular complexity index is 650. The van der Waals surface area contributed by atoms with Crippen LogP contribution in [0.4, 0.5) is 5.69 Å². The zero-order valence-corrected chi connectivity index (χ0v) is 15.2. The fraction of sp³-hybridized carbons (Fsp3) is 0.550. The lowest BCUT2D eigenvalue weighted by molar-refractivity contribution is -0.139. The average Bonchev–Trinajstić information content (AvgIpc) is 2.60. The minimum Gasteiger partial charge on any atom is -0.344 e. The molecule has 26 heavy (non-hydrogen) atoms. The standard InChI is InChI=1S/C20H27N3O3/c1-14(21-18(24)15-6-5-7-15)20(26)23-12-10-16(11-13-23)19(25)22-17-8-3-2-4-9-17/h2-4,8-9,14-16H,5-7,10-13H2,1H3,(H,21,24)(H,22,25). The largest absolute Gasteiger partial charge is 0.344 e. The molecule has 1 aliphatic heterocycles. The van der Waals surface area contributed by atoms with Crippen LogP contribution in [0.5, 0.6) is 0 Å². The molecule has 2 fully saturated rings. The molecule has 2 N–H and O–H groups in total. The Kier molecular flexibility index (Phi) is 5.91. The van der Waals surface area contributed by atoms with E-state index in [9.17, 15) is 14.4 Å². The summed E-state index contributed by atoms with van der Waals surface area (Å²) in [6.07, 6.45) is 4.24. The van der Waals surface area contributed by atoms with Crippen molar-refractivity contribution in [2.75, 3.05) is 18.4 Å². The molecule has 1 atom stereocenters. The van der Waals surface area contributed by atoms with Gasteiger partial charge in [-0.3, -0.25) is 14.4 Å². The van der Waals surface area contributed by atoms with Crippen molar-refractivity contribution >= 4 is 23.4 Å². The van der Waals surface area contributed by atoms with Gasteiger partial charge >= 0.3 is 0 Å². The molecule has 0 bridgehead atoms. The topological polar surface area (TPSA) is 78.5 Å². The summed E-state index contributed by atoms with van der Waals surface area (Å²) in [6.45, 7) is 2.85. The van der Waals surface area contributed by atoms with Gasteiger partial charge in [-0.15, -0.1) is 0 Å². The lowest BCUT2D eigenvalue weighted by Crippen LogP contribution is -2.51. The second-order valence-corrected chi connectivity index (χ2v) is 7.31. The number of likely N-dealkylation sites (tertiary alicyclic amines) is 1. The number of nitrogens with one attached hydrogen (secondary N) is 2. The molecule has 6 nitrogen and oxygen atoms in total. The van der Waals surface area contributed by atoms with Gasteiger partial charge in [-0.1, -0.05) is 24.6 Å². The highest BCUT2D eigenvalue weighted by Gasteiger charge is 2.32. The quantitative estimate of drug-likeness (QED) is 0.848. The zero-order chi connectivity index (χ0) is 18.5. The van der Waals surface area contributed by atoms with Crippen molar-refractivity contribution in [3.63, 3.8) is 0 Å². The van der Waals surface area contributed by atoms with Crippen LogP contribution in [0.15, 0.2) is 30.3 Å². The molecule has 0 spiro atoms. The minimum absolute atomic E-state index is 0.00535. The monoisotopic (exact) mass is 357 g/mol. The zero-order valence-electron chi connectivity index (χ0n) is 15.2. The van der Waals surface area contributed by atoms with Gasteiger partial charge in [-0.25, -0.2) is 0 Å². The lowest BCUT2D eigenvalue weighted by Gasteiger charge is -2.34. The third-order valence-corrected chi connectivity index (χ3v) is 5.42. The van der Waals surface area contributed by atoms with Gasteiger partial charge in [0, 0.05) is 30.6 Å². The number of piperidine rings is 1. The molecule has 2 aliphatic rings. The summed E-state index contributed by atoms with van der Waals surface area (Å²) >= 11 is 0. The maximum atomic E-state index is 12.5. The highest BCUT2D eigenvalue weighted by molar-refractivity contribution is 5.93. The van der Waals surface area contributed by atoms with Crippen LogP contribution in [0, 0.1) is 11.8 Å². The second-order valence-electron chi connectivity index (χ2n) is 7.31. The molecule has 140 valence electrons. The van der Waals surface area contributed by atoms with E-state index in [0.717, 1.165) is 24.9 Å². The number of rotatable bonds is 5. The molecule has 1 aromatic carbocycles. The van der Waals surface area contributed by atoms with Crippen LogP contribution in [0.1, 0.15) is 39.0 Å². The smallest absolute Gasteiger partial charge is 0.244 e. The molecule has 3 amide bonds. The number of anilines is 1. The number of benzene rings is 1. The van der Waals surface area contributed by atoms with E-state index in [2.05, 4.69) is 10.6 Å². The predicted molar refractivity (Wildman–Crippen MR) is 99.3 cm³/mol. The van der Waals surface area contributed by atoms with Crippen LogP contribution < -0.4 is 10.6 Å². The van der Waals surface area contributed by atoms with Crippen LogP contribution in [0.3, 0.4) is 0 Å². The van der Waals surface area contributed by atoms with E-state index in [4.69, 9.17) is 0 Å². The Morgan fingerprint density at radius 1 is 0.962 bits per heavy atom. The summed E-state index contributed by atoms with van der Waals surface area (Å²) < 4.78 is 0. The molecule has 1 unspecified atom stereocenters. The van der Waals surface area contributed by atoms with Crippen molar-refractivity contribution in [2.24, 2.45) is 11.8 Å². The fourth-order valence-electron chi connectivity index (χ4n) is 3.47. The lowest BCUT2D eigenvalue weighted by atomic mass is 9.84. The van der Waals surface area contributed by atoms with Crippen molar-refractivity contribution in [1.29, 1.82) is 0 Å². The summed E-state index contributed by atoms with van der Waals surface area (Å²) in [5, 5.41) is 5.77. The molecule has 1 aliphatic carbocycles. The molecule has 0 aromatic heterocycles. The third kappa shape index (κ3) is 4.42. The number of hydrogen-bond donors (Lipinski definition) is 2. The molecule has 1 heterocycles. The molecule has 6 heteroatoms. The Hall–Kier alpha value is -2.37. The van der Waals surface area contributed by atoms with Crippen LogP contribution >= 0.6 is 0 Å². The molecular weight excluding hydrogens is 330 g/mol. The van der Waals surface area contributed by atoms with E-state index in [-0.39, 0.29) is 29.6 Å². The maximum absolute atomic E-state index is 12.5. The summed E-state index contributed by atoms with van der Waals surface area (Å²) in [6, 6.07) is 8.90. The predicted octanol–water partition coefficient (Wildman–Crippen LogP) is 2.17. The highest BCUT2D eigenvalue weighted by Crippen LogP contribution is 2.26. The van der Waals surface area contributed by atoms with E-state index in [1.165, 1.54) is 0 Å². The Morgan fingerprint density at radius 3 is 2.15 bits per heavy atom. The van der Waals surface area contributed by atoms with E-state index >= 15 is 0 Å². The fourth-order valence-corrected chi connectivity index (χ4v) is 3.47. The van der Waals surface area contributed by atoms with E-state index in [0.29, 0.717) is 25.9 Å². The van der Waals surface area contributed by atoms with Crippen molar-refractivity contribution in [1.82, 2.24) is 10.2 Å². The van der Waals surface area contributed by atoms with Gasteiger partial charge in [0.25, 0.3) is 0 Å². The number of carbonyl (C=O) groups is 3. The first-order valence-corrected chi connectivity index (χ1v) is 9.49. The first-order valence-electron chi connectivity index (χ1n) is 9.49. The molecule has 1 saturated heterocycles. The second kappa shape index (κ2) is 8.34. The number of carbonyl (C=O) groups excluding carboxylic acids is 3. The Balaban J connectivity index is 1.44. The van der Waals surface area contributed by atoms with E-state index < -0.39 is 6.04 Å². The van der Waals surface area contributed by atoms with Gasteiger partial charge in [-0.2, -0.15) is 0 Å². The molecular formula is C20H27N3O3. The van der Waals surface area contributed by atoms with Crippen LogP contribution in [-0.2, 0) is 14.4 Å². The normalized spacial score (nSPS) is 19.3. The number of nitrogens with zero attached hydrogens (tertiary/aromatic N) is 1. The molecule has 3 rings (SSSR count). The maximum Gasteiger partial charge on any atom is 0.244 e. The summed E-state index contributed by atoms with van der Waals surface area (Å²) in [4.78, 5) is 38.7. The number of amides is 3. The van der Waals surface area contributed by atoms with Gasteiger partial charge in [0.05, 0.1) is 0 Å². The van der Waals surface area contributed by atoms with Gasteiger partial charge in [0.1, 0.15) is 6.04 Å². The van der Waals surface area contributed by atoms with Crippen molar-refractivity contribution in [2.45, 2.75) is 45.1 Å². The molecule has 0 radical (unpaired) electrons. The van der Waals surface area contributed by atoms with Gasteiger partial charge in [-0.05, 0) is 44.7 Å². The van der Waals surface area contributed by atoms with Crippen molar-refractivity contribution in [3.8, 4) is 0 Å². The number of para-hydroxylation sites is 1. The Morgan fingerprint density at radius 2 is 1.58 bits per heavy atom. The van der Waals surface area contributed by atoms with E-state index in [1.807, 2.05) is 30.3 Å². The van der Waals surface area contributed by atoms with Gasteiger partial charge in [0.15, 0.2) is 0 Å². The van der Waals surface area contributed by atoms with Crippen molar-refractivity contribution in [3.05, 3.63) is 30.3 Å². The van der Waals surface area contributed by atoms with E-state index in [1.54, 1.807) is 11.8 Å². The van der Waals surface area contributed by atoms with Gasteiger partial charge < -0.3 is 15.5 Å². The van der Waals surface area contributed by atoms with Crippen LogP contribution in [-0.4, -0.2) is 41.8 Å². The van der Waals surface area contributed by atoms with Crippen LogP contribution in [0.2, 0.25) is 0 Å². The first kappa shape index (κ1) is 18.4. The van der Waals surface area contributed by atoms with Crippen LogP contribution in [0.25, 0.3) is 0 Å². The van der Waals surface area contributed by atoms with Gasteiger partial charge in [0.2, 0.25) is 17.7 Å².